The highest BCUT2D eigenvalue weighted by Gasteiger charge is 2.11. The molecule has 0 bridgehead atoms. The van der Waals surface area contributed by atoms with Crippen molar-refractivity contribution in [2.45, 2.75) is 6.29 Å². The van der Waals surface area contributed by atoms with Crippen molar-refractivity contribution >= 4 is 0 Å². The lowest BCUT2D eigenvalue weighted by Gasteiger charge is -2.02. The van der Waals surface area contributed by atoms with Gasteiger partial charge < -0.3 is 10.2 Å². The minimum Gasteiger partial charge on any atom is -0.363 e. The largest absolute Gasteiger partial charge is 0.363 e. The van der Waals surface area contributed by atoms with Crippen LogP contribution in [0.15, 0.2) is 12.3 Å². The van der Waals surface area contributed by atoms with Gasteiger partial charge in [-0.3, -0.25) is 0 Å². The van der Waals surface area contributed by atoms with Crippen LogP contribution in [0.3, 0.4) is 0 Å². The lowest BCUT2D eigenvalue weighted by atomic mass is 10.3. The third-order valence-electron chi connectivity index (χ3n) is 1.08. The summed E-state index contributed by atoms with van der Waals surface area (Å²) in [5.74, 6) is -1.92. The third-order valence-corrected chi connectivity index (χ3v) is 1.08. The van der Waals surface area contributed by atoms with Crippen LogP contribution in [-0.2, 0) is 0 Å². The molecule has 1 rings (SSSR count). The van der Waals surface area contributed by atoms with Gasteiger partial charge in [0.05, 0.1) is 6.20 Å². The Morgan fingerprint density at radius 3 is 2.45 bits per heavy atom. The standard InChI is InChI=1S/C6H5F2NO2/c7-3-1-4(8)5(6(10)11)9-2-3/h1-2,6,10-11H. The molecule has 0 atom stereocenters. The summed E-state index contributed by atoms with van der Waals surface area (Å²) in [6, 6.07) is 0.530. The first-order valence-electron chi connectivity index (χ1n) is 2.78. The molecule has 0 saturated carbocycles. The Hall–Kier alpha value is -1.07. The van der Waals surface area contributed by atoms with Crippen LogP contribution in [0.4, 0.5) is 8.78 Å². The van der Waals surface area contributed by atoms with E-state index in [2.05, 4.69) is 4.98 Å². The predicted molar refractivity (Wildman–Crippen MR) is 31.3 cm³/mol. The second-order valence-corrected chi connectivity index (χ2v) is 1.89. The van der Waals surface area contributed by atoms with E-state index in [1.807, 2.05) is 0 Å². The van der Waals surface area contributed by atoms with Crippen molar-refractivity contribution in [3.63, 3.8) is 0 Å². The van der Waals surface area contributed by atoms with Crippen molar-refractivity contribution < 1.29 is 19.0 Å². The third kappa shape index (κ3) is 1.69. The quantitative estimate of drug-likeness (QED) is 0.584. The highest BCUT2D eigenvalue weighted by atomic mass is 19.1. The molecule has 5 heteroatoms. The molecule has 0 aliphatic carbocycles. The number of hydrogen-bond donors (Lipinski definition) is 2. The number of pyridine rings is 1. The number of aromatic nitrogens is 1. The molecule has 0 amide bonds. The van der Waals surface area contributed by atoms with Crippen molar-refractivity contribution in [1.82, 2.24) is 4.98 Å². The second-order valence-electron chi connectivity index (χ2n) is 1.89. The minimum absolute atomic E-state index is 0.530. The lowest BCUT2D eigenvalue weighted by molar-refractivity contribution is -0.0485. The molecule has 0 radical (unpaired) electrons. The van der Waals surface area contributed by atoms with Gasteiger partial charge >= 0.3 is 0 Å². The maximum Gasteiger partial charge on any atom is 0.199 e. The van der Waals surface area contributed by atoms with E-state index in [1.54, 1.807) is 0 Å². The number of aliphatic hydroxyl groups is 2. The van der Waals surface area contributed by atoms with Crippen LogP contribution < -0.4 is 0 Å². The first-order chi connectivity index (χ1) is 5.11. The number of rotatable bonds is 1. The first kappa shape index (κ1) is 8.03. The Labute approximate surface area is 60.9 Å². The molecule has 2 N–H and O–H groups in total. The highest BCUT2D eigenvalue weighted by molar-refractivity contribution is 5.08. The monoisotopic (exact) mass is 161 g/mol. The van der Waals surface area contributed by atoms with Crippen LogP contribution in [-0.4, -0.2) is 15.2 Å². The molecular weight excluding hydrogens is 156 g/mol. The molecule has 1 aromatic rings. The van der Waals surface area contributed by atoms with Gasteiger partial charge in [-0.25, -0.2) is 13.8 Å². The molecule has 0 saturated heterocycles. The average Bonchev–Trinajstić information content (AvgIpc) is 1.85. The van der Waals surface area contributed by atoms with Gasteiger partial charge in [-0.15, -0.1) is 0 Å². The summed E-state index contributed by atoms with van der Waals surface area (Å²) in [6.45, 7) is 0. The Morgan fingerprint density at radius 1 is 1.36 bits per heavy atom. The summed E-state index contributed by atoms with van der Waals surface area (Å²) in [7, 11) is 0. The molecule has 0 fully saturated rings. The Balaban J connectivity index is 3.09. The summed E-state index contributed by atoms with van der Waals surface area (Å²) in [6.07, 6.45) is -1.30. The summed E-state index contributed by atoms with van der Waals surface area (Å²) < 4.78 is 24.6. The van der Waals surface area contributed by atoms with E-state index in [-0.39, 0.29) is 0 Å². The molecule has 11 heavy (non-hydrogen) atoms. The van der Waals surface area contributed by atoms with Gasteiger partial charge in [-0.1, -0.05) is 0 Å². The highest BCUT2D eigenvalue weighted by Crippen LogP contribution is 2.11. The van der Waals surface area contributed by atoms with Gasteiger partial charge in [-0.2, -0.15) is 0 Å². The van der Waals surface area contributed by atoms with Gasteiger partial charge in [0, 0.05) is 6.07 Å². The van der Waals surface area contributed by atoms with Crippen LogP contribution in [0.2, 0.25) is 0 Å². The van der Waals surface area contributed by atoms with Crippen molar-refractivity contribution in [3.8, 4) is 0 Å². The van der Waals surface area contributed by atoms with E-state index in [4.69, 9.17) is 10.2 Å². The second kappa shape index (κ2) is 2.89. The summed E-state index contributed by atoms with van der Waals surface area (Å²) >= 11 is 0. The Morgan fingerprint density at radius 2 is 2.00 bits per heavy atom. The SMILES string of the molecule is OC(O)c1ncc(F)cc1F. The fourth-order valence-corrected chi connectivity index (χ4v) is 0.615. The molecule has 0 aromatic carbocycles. The van der Waals surface area contributed by atoms with Crippen molar-refractivity contribution in [3.05, 3.63) is 29.6 Å². The van der Waals surface area contributed by atoms with Crippen LogP contribution in [0.5, 0.6) is 0 Å². The molecule has 0 aliphatic rings. The van der Waals surface area contributed by atoms with Crippen LogP contribution in [0, 0.1) is 11.6 Å². The maximum atomic E-state index is 12.5. The lowest BCUT2D eigenvalue weighted by Crippen LogP contribution is -2.02. The molecule has 1 heterocycles. The topological polar surface area (TPSA) is 53.4 Å². The maximum absolute atomic E-state index is 12.5. The zero-order valence-corrected chi connectivity index (χ0v) is 5.33. The summed E-state index contributed by atoms with van der Waals surface area (Å²) in [4.78, 5) is 3.13. The molecule has 0 unspecified atom stereocenters. The van der Waals surface area contributed by atoms with E-state index in [0.29, 0.717) is 12.3 Å². The molecule has 1 aromatic heterocycles. The van der Waals surface area contributed by atoms with Crippen LogP contribution >= 0.6 is 0 Å². The predicted octanol–water partition coefficient (Wildman–Crippen LogP) is 0.343. The van der Waals surface area contributed by atoms with Crippen LogP contribution in [0.25, 0.3) is 0 Å². The van der Waals surface area contributed by atoms with Gasteiger partial charge in [0.25, 0.3) is 0 Å². The number of nitrogens with zero attached hydrogens (tertiary/aromatic N) is 1. The van der Waals surface area contributed by atoms with Gasteiger partial charge in [0.15, 0.2) is 12.1 Å². The van der Waals surface area contributed by atoms with E-state index in [1.165, 1.54) is 0 Å². The van der Waals surface area contributed by atoms with Gasteiger partial charge in [0.2, 0.25) is 0 Å². The fourth-order valence-electron chi connectivity index (χ4n) is 0.615. The minimum atomic E-state index is -2.00. The molecule has 0 aliphatic heterocycles. The molecule has 3 nitrogen and oxygen atoms in total. The van der Waals surface area contributed by atoms with E-state index in [9.17, 15) is 8.78 Å². The Bertz CT molecular complexity index is 265. The van der Waals surface area contributed by atoms with Crippen molar-refractivity contribution in [2.75, 3.05) is 0 Å². The zero-order chi connectivity index (χ0) is 8.43. The van der Waals surface area contributed by atoms with Gasteiger partial charge in [-0.05, 0) is 0 Å². The van der Waals surface area contributed by atoms with Gasteiger partial charge in [0.1, 0.15) is 11.5 Å². The van der Waals surface area contributed by atoms with Crippen LogP contribution in [0.1, 0.15) is 12.0 Å². The summed E-state index contributed by atoms with van der Waals surface area (Å²) in [5.41, 5.74) is -0.577. The smallest absolute Gasteiger partial charge is 0.199 e. The van der Waals surface area contributed by atoms with Crippen molar-refractivity contribution in [2.24, 2.45) is 0 Å². The van der Waals surface area contributed by atoms with E-state index >= 15 is 0 Å². The normalized spacial score (nSPS) is 10.6. The van der Waals surface area contributed by atoms with E-state index in [0.717, 1.165) is 0 Å². The van der Waals surface area contributed by atoms with Crippen molar-refractivity contribution in [1.29, 1.82) is 0 Å². The number of hydrogen-bond acceptors (Lipinski definition) is 3. The molecule has 0 spiro atoms. The number of halogens is 2. The van der Waals surface area contributed by atoms with E-state index < -0.39 is 23.6 Å². The summed E-state index contributed by atoms with van der Waals surface area (Å²) in [5, 5.41) is 16.9. The molecular formula is C6H5F2NO2. The zero-order valence-electron chi connectivity index (χ0n) is 5.33. The Kier molecular flexibility index (Phi) is 2.11. The number of aliphatic hydroxyl groups excluding tert-OH is 1. The first-order valence-corrected chi connectivity index (χ1v) is 2.78. The fraction of sp³-hybridized carbons (Fsp3) is 0.167. The average molecular weight is 161 g/mol. The molecule has 60 valence electrons.